The molecule has 3 aromatic carbocycles. The maximum absolute atomic E-state index is 7.84. The van der Waals surface area contributed by atoms with Crippen LogP contribution >= 0.6 is 0 Å². The Kier molecular flexibility index (Phi) is 2.74. The molecule has 3 aliphatic heterocycles. The van der Waals surface area contributed by atoms with Gasteiger partial charge in [-0.25, -0.2) is 4.98 Å². The summed E-state index contributed by atoms with van der Waals surface area (Å²) < 4.78 is 32.4. The summed E-state index contributed by atoms with van der Waals surface area (Å²) in [7, 11) is 0. The van der Waals surface area contributed by atoms with E-state index in [1.54, 1.807) is 6.07 Å². The second-order valence-corrected chi connectivity index (χ2v) is 9.69. The monoisotopic (exact) mass is 468 g/mol. The zero-order valence-corrected chi connectivity index (χ0v) is 19.1. The minimum absolute atomic E-state index is 0.0300. The third-order valence-electron chi connectivity index (χ3n) is 8.10. The minimum Gasteiger partial charge on any atom is -0.435 e. The number of nitrogens with zero attached hydrogens (tertiary/aromatic N) is 3. The van der Waals surface area contributed by atoms with Crippen LogP contribution < -0.4 is 14.8 Å². The molecule has 5 nitrogen and oxygen atoms in total. The van der Waals surface area contributed by atoms with Crippen molar-refractivity contribution in [2.75, 3.05) is 10.2 Å². The number of para-hydroxylation sites is 2. The Morgan fingerprint density at radius 3 is 2.75 bits per heavy atom. The van der Waals surface area contributed by atoms with Crippen LogP contribution in [0.1, 0.15) is 20.9 Å². The average Bonchev–Trinajstić information content (AvgIpc) is 3.66. The number of hydrogen-bond acceptors (Lipinski definition) is 4. The number of anilines is 3. The summed E-state index contributed by atoms with van der Waals surface area (Å²) in [5.41, 5.74) is 8.34. The van der Waals surface area contributed by atoms with E-state index < -0.39 is 12.4 Å². The van der Waals surface area contributed by atoms with Gasteiger partial charge in [-0.05, 0) is 55.4 Å². The number of benzene rings is 3. The molecule has 0 aliphatic carbocycles. The summed E-state index contributed by atoms with van der Waals surface area (Å²) in [6.45, 7) is -2.31. The molecular formula is C31H21N4O+. The highest BCUT2D eigenvalue weighted by molar-refractivity contribution is 6.11. The van der Waals surface area contributed by atoms with Crippen molar-refractivity contribution in [1.29, 1.82) is 0 Å². The van der Waals surface area contributed by atoms with Crippen LogP contribution in [0, 0.1) is 6.85 Å². The van der Waals surface area contributed by atoms with E-state index in [1.165, 1.54) is 11.1 Å². The molecule has 0 radical (unpaired) electrons. The topological polar surface area (TPSA) is 45.2 Å². The zero-order chi connectivity index (χ0) is 26.1. The van der Waals surface area contributed by atoms with Crippen molar-refractivity contribution in [3.05, 3.63) is 114 Å². The van der Waals surface area contributed by atoms with E-state index in [2.05, 4.69) is 98.8 Å². The molecule has 5 heteroatoms. The van der Waals surface area contributed by atoms with Crippen molar-refractivity contribution in [3.63, 3.8) is 0 Å². The van der Waals surface area contributed by atoms with Gasteiger partial charge < -0.3 is 14.6 Å². The largest absolute Gasteiger partial charge is 0.435 e. The lowest BCUT2D eigenvalue weighted by Gasteiger charge is -2.28. The Morgan fingerprint density at radius 2 is 1.78 bits per heavy atom. The van der Waals surface area contributed by atoms with E-state index in [1.807, 2.05) is 12.1 Å². The van der Waals surface area contributed by atoms with Gasteiger partial charge in [-0.1, -0.05) is 30.3 Å². The van der Waals surface area contributed by atoms with Crippen LogP contribution in [0.15, 0.2) is 102 Å². The molecule has 0 fully saturated rings. The van der Waals surface area contributed by atoms with Crippen LogP contribution in [-0.4, -0.2) is 11.1 Å². The summed E-state index contributed by atoms with van der Waals surface area (Å²) >= 11 is 0. The first-order valence-electron chi connectivity index (χ1n) is 13.6. The third-order valence-corrected chi connectivity index (χ3v) is 8.10. The zero-order valence-electron chi connectivity index (χ0n) is 22.1. The van der Waals surface area contributed by atoms with Gasteiger partial charge >= 0.3 is 0 Å². The normalized spacial score (nSPS) is 21.9. The summed E-state index contributed by atoms with van der Waals surface area (Å²) in [4.78, 5) is 6.78. The van der Waals surface area contributed by atoms with Crippen molar-refractivity contribution in [1.82, 2.24) is 4.98 Å². The second kappa shape index (κ2) is 6.13. The molecule has 2 atom stereocenters. The van der Waals surface area contributed by atoms with Gasteiger partial charge in [-0.15, -0.1) is 0 Å². The number of furan rings is 1. The van der Waals surface area contributed by atoms with Gasteiger partial charge in [0.1, 0.15) is 0 Å². The summed E-state index contributed by atoms with van der Waals surface area (Å²) in [5, 5.41) is 5.58. The summed E-state index contributed by atoms with van der Waals surface area (Å²) in [5.74, 6) is 0. The van der Waals surface area contributed by atoms with Crippen molar-refractivity contribution in [2.45, 2.75) is 18.6 Å². The maximum atomic E-state index is 7.84. The van der Waals surface area contributed by atoms with E-state index in [-0.39, 0.29) is 11.9 Å². The van der Waals surface area contributed by atoms with E-state index in [4.69, 9.17) is 8.53 Å². The third kappa shape index (κ3) is 1.94. The molecule has 6 aromatic rings. The van der Waals surface area contributed by atoms with Crippen LogP contribution in [0.4, 0.5) is 17.1 Å². The van der Waals surface area contributed by atoms with Crippen LogP contribution in [0.3, 0.4) is 0 Å². The lowest BCUT2D eigenvalue weighted by atomic mass is 9.82. The van der Waals surface area contributed by atoms with Crippen LogP contribution in [0.25, 0.3) is 33.3 Å². The van der Waals surface area contributed by atoms with Gasteiger partial charge in [0.2, 0.25) is 11.4 Å². The molecule has 1 N–H and O–H groups in total. The molecule has 9 rings (SSSR count). The van der Waals surface area contributed by atoms with Crippen molar-refractivity contribution in [3.8, 4) is 11.3 Å². The van der Waals surface area contributed by atoms with Gasteiger partial charge in [0.15, 0.2) is 17.9 Å². The maximum Gasteiger partial charge on any atom is 0.260 e. The van der Waals surface area contributed by atoms with Gasteiger partial charge in [0.05, 0.1) is 28.2 Å². The molecular weight excluding hydrogens is 444 g/mol. The van der Waals surface area contributed by atoms with E-state index >= 15 is 0 Å². The Bertz CT molecular complexity index is 1980. The Balaban J connectivity index is 1.43. The SMILES string of the molecule is [2H]C([2H])([2H])c1ccc2c(n1)oc1c3c(ccc12)C1(c2ccccc2-c2cccc[n+]21)C1Nc2ccccc2N31. The first kappa shape index (κ1) is 16.1. The lowest BCUT2D eigenvalue weighted by molar-refractivity contribution is -0.728. The molecule has 0 saturated heterocycles. The fourth-order valence-corrected chi connectivity index (χ4v) is 6.79. The number of pyridine rings is 2. The molecule has 3 aliphatic rings. The highest BCUT2D eigenvalue weighted by Crippen LogP contribution is 2.60. The molecule has 3 aromatic heterocycles. The number of nitrogens with one attached hydrogen (secondary N) is 1. The molecule has 1 spiro atoms. The predicted octanol–water partition coefficient (Wildman–Crippen LogP) is 6.25. The van der Waals surface area contributed by atoms with Crippen molar-refractivity contribution < 1.29 is 13.1 Å². The number of hydrogen-bond donors (Lipinski definition) is 1. The molecule has 170 valence electrons. The molecule has 36 heavy (non-hydrogen) atoms. The van der Waals surface area contributed by atoms with Gasteiger partial charge in [0, 0.05) is 38.3 Å². The fourth-order valence-electron chi connectivity index (χ4n) is 6.79. The molecule has 6 heterocycles. The number of fused-ring (bicyclic) bond motifs is 16. The second-order valence-electron chi connectivity index (χ2n) is 9.69. The molecule has 0 bridgehead atoms. The van der Waals surface area contributed by atoms with Gasteiger partial charge in [-0.2, -0.15) is 4.57 Å². The summed E-state index contributed by atoms with van der Waals surface area (Å²) in [6, 6.07) is 31.0. The number of aryl methyl sites for hydroxylation is 1. The minimum atomic E-state index is -2.31. The van der Waals surface area contributed by atoms with E-state index in [0.29, 0.717) is 11.3 Å². The standard InChI is InChI=1S/C31H21N4O/c1-18-13-14-20-19-15-16-23-27(28(19)36-29(20)32-18)35-26-12-5-4-10-24(26)33-30(35)31(23)22-9-3-2-8-21(22)25-11-6-7-17-34(25)31/h2-17,30,33H,1H3/q+1/i1D3. The van der Waals surface area contributed by atoms with Crippen molar-refractivity contribution >= 4 is 39.1 Å². The lowest BCUT2D eigenvalue weighted by Crippen LogP contribution is -2.63. The number of rotatable bonds is 0. The predicted molar refractivity (Wildman–Crippen MR) is 140 cm³/mol. The van der Waals surface area contributed by atoms with Crippen LogP contribution in [0.5, 0.6) is 0 Å². The Morgan fingerprint density at radius 1 is 0.917 bits per heavy atom. The van der Waals surface area contributed by atoms with Gasteiger partial charge in [-0.3, -0.25) is 0 Å². The Hall–Kier alpha value is -4.64. The highest BCUT2D eigenvalue weighted by Gasteiger charge is 2.67. The van der Waals surface area contributed by atoms with E-state index in [0.717, 1.165) is 39.1 Å². The molecule has 0 amide bonds. The fraction of sp³-hybridized carbons (Fsp3) is 0.0968. The number of aromatic nitrogens is 2. The smallest absolute Gasteiger partial charge is 0.260 e. The first-order chi connectivity index (χ1) is 19.0. The van der Waals surface area contributed by atoms with Crippen molar-refractivity contribution in [2.24, 2.45) is 0 Å². The van der Waals surface area contributed by atoms with Crippen LogP contribution in [0.2, 0.25) is 0 Å². The van der Waals surface area contributed by atoms with Gasteiger partial charge in [0.25, 0.3) is 5.54 Å². The molecule has 0 saturated carbocycles. The Labute approximate surface area is 211 Å². The van der Waals surface area contributed by atoms with Crippen LogP contribution in [-0.2, 0) is 5.54 Å². The average molecular weight is 469 g/mol. The quantitative estimate of drug-likeness (QED) is 0.268. The molecule has 2 unspecified atom stereocenters. The summed E-state index contributed by atoms with van der Waals surface area (Å²) in [6.07, 6.45) is 2.02. The highest BCUT2D eigenvalue weighted by atomic mass is 16.3. The van der Waals surface area contributed by atoms with E-state index in [9.17, 15) is 0 Å². The first-order valence-corrected chi connectivity index (χ1v) is 12.1.